The maximum Gasteiger partial charge on any atom is 0.344 e. The summed E-state index contributed by atoms with van der Waals surface area (Å²) in [5.41, 5.74) is 2.90. The van der Waals surface area contributed by atoms with Gasteiger partial charge in [0.05, 0.1) is 52.0 Å². The molecule has 0 amide bonds. The van der Waals surface area contributed by atoms with Crippen LogP contribution < -0.4 is 14.2 Å². The number of sulfone groups is 1. The quantitative estimate of drug-likeness (QED) is 0.150. The third-order valence-corrected chi connectivity index (χ3v) is 12.3. The molecule has 5 aromatic rings. The third kappa shape index (κ3) is 7.79. The molecule has 3 aromatic heterocycles. The van der Waals surface area contributed by atoms with E-state index < -0.39 is 49.0 Å². The van der Waals surface area contributed by atoms with Crippen molar-refractivity contribution in [2.75, 3.05) is 33.2 Å². The van der Waals surface area contributed by atoms with Crippen molar-refractivity contribution in [3.63, 3.8) is 0 Å². The standard InChI is InChI=1S/C33H34N4O10S3/c1-21-6-10-25(11-7-21)49(40,41)17-16-46-30(38)19-47-24-8-12-26(13-9-24)50(42,43)37-32-27(14-15-29(36-32)44-4)35-33(37)48(39)20-28-23(3)31(45-5)22(2)18-34-28/h6-15,18H,16-17,19-20H2,1-5H3. The smallest absolute Gasteiger partial charge is 0.344 e. The zero-order valence-electron chi connectivity index (χ0n) is 27.8. The number of hydrogen-bond acceptors (Lipinski definition) is 13. The van der Waals surface area contributed by atoms with Gasteiger partial charge in [-0.3, -0.25) is 9.19 Å². The number of aryl methyl sites for hydroxylation is 2. The second-order valence-electron chi connectivity index (χ2n) is 11.0. The first-order chi connectivity index (χ1) is 23.7. The number of nitrogens with zero attached hydrogens (tertiary/aromatic N) is 4. The third-order valence-electron chi connectivity index (χ3n) is 7.56. The van der Waals surface area contributed by atoms with E-state index in [4.69, 9.17) is 18.9 Å². The van der Waals surface area contributed by atoms with Crippen molar-refractivity contribution in [3.05, 3.63) is 89.2 Å². The van der Waals surface area contributed by atoms with E-state index in [1.165, 1.54) is 62.8 Å². The van der Waals surface area contributed by atoms with Gasteiger partial charge in [-0.2, -0.15) is 8.96 Å². The van der Waals surface area contributed by atoms with Crippen LogP contribution in [0, 0.1) is 20.8 Å². The van der Waals surface area contributed by atoms with Crippen LogP contribution in [0.5, 0.6) is 17.4 Å². The number of methoxy groups -OCH3 is 2. The van der Waals surface area contributed by atoms with Gasteiger partial charge in [0.15, 0.2) is 22.1 Å². The topological polar surface area (TPSA) is 183 Å². The Kier molecular flexibility index (Phi) is 10.9. The number of benzene rings is 2. The summed E-state index contributed by atoms with van der Waals surface area (Å²) in [5, 5.41) is -0.269. The van der Waals surface area contributed by atoms with Crippen LogP contribution in [0.1, 0.15) is 22.4 Å². The van der Waals surface area contributed by atoms with Gasteiger partial charge in [0.2, 0.25) is 11.0 Å². The van der Waals surface area contributed by atoms with Gasteiger partial charge in [-0.15, -0.1) is 0 Å². The predicted octanol–water partition coefficient (Wildman–Crippen LogP) is 3.71. The predicted molar refractivity (Wildman–Crippen MR) is 183 cm³/mol. The molecule has 17 heteroatoms. The summed E-state index contributed by atoms with van der Waals surface area (Å²) in [4.78, 5) is 25.2. The van der Waals surface area contributed by atoms with Crippen molar-refractivity contribution in [3.8, 4) is 17.4 Å². The van der Waals surface area contributed by atoms with Crippen molar-refractivity contribution in [2.45, 2.75) is 41.5 Å². The minimum atomic E-state index is -4.45. The minimum Gasteiger partial charge on any atom is -0.496 e. The zero-order valence-corrected chi connectivity index (χ0v) is 30.2. The van der Waals surface area contributed by atoms with Gasteiger partial charge in [0, 0.05) is 23.4 Å². The largest absolute Gasteiger partial charge is 0.496 e. The molecular weight excluding hydrogens is 709 g/mol. The molecule has 0 spiro atoms. The summed E-state index contributed by atoms with van der Waals surface area (Å²) in [7, 11) is -7.21. The summed E-state index contributed by atoms with van der Waals surface area (Å²) >= 11 is 0. The highest BCUT2D eigenvalue weighted by Crippen LogP contribution is 2.30. The highest BCUT2D eigenvalue weighted by Gasteiger charge is 2.30. The molecule has 1 unspecified atom stereocenters. The summed E-state index contributed by atoms with van der Waals surface area (Å²) in [6.45, 7) is 4.52. The van der Waals surface area contributed by atoms with E-state index in [1.54, 1.807) is 25.3 Å². The van der Waals surface area contributed by atoms with Gasteiger partial charge < -0.3 is 18.9 Å². The number of carbonyl (C=O) groups is 1. The summed E-state index contributed by atoms with van der Waals surface area (Å²) < 4.78 is 89.0. The molecule has 264 valence electrons. The lowest BCUT2D eigenvalue weighted by Gasteiger charge is -2.13. The number of rotatable bonds is 14. The van der Waals surface area contributed by atoms with E-state index in [2.05, 4.69) is 15.0 Å². The van der Waals surface area contributed by atoms with E-state index in [9.17, 15) is 25.8 Å². The monoisotopic (exact) mass is 742 g/mol. The van der Waals surface area contributed by atoms with Crippen LogP contribution in [0.25, 0.3) is 11.2 Å². The summed E-state index contributed by atoms with van der Waals surface area (Å²) in [5.74, 6) is -0.522. The zero-order chi connectivity index (χ0) is 36.2. The Hall–Kier alpha value is -4.87. The molecule has 0 aliphatic heterocycles. The second kappa shape index (κ2) is 14.9. The molecule has 0 aliphatic carbocycles. The number of imidazole rings is 1. The highest BCUT2D eigenvalue weighted by atomic mass is 32.2. The summed E-state index contributed by atoms with van der Waals surface area (Å²) in [6, 6.07) is 14.5. The molecular formula is C33H34N4O10S3. The van der Waals surface area contributed by atoms with Crippen LogP contribution >= 0.6 is 0 Å². The first-order valence-electron chi connectivity index (χ1n) is 15.0. The Balaban J connectivity index is 1.32. The van der Waals surface area contributed by atoms with Crippen LogP contribution in [-0.4, -0.2) is 79.1 Å². The van der Waals surface area contributed by atoms with Crippen molar-refractivity contribution in [1.29, 1.82) is 0 Å². The molecule has 0 saturated heterocycles. The Bertz CT molecular complexity index is 2290. The van der Waals surface area contributed by atoms with Gasteiger partial charge in [0.25, 0.3) is 10.0 Å². The number of fused-ring (bicyclic) bond motifs is 1. The molecule has 0 radical (unpaired) electrons. The number of esters is 1. The fraction of sp³-hybridized carbons (Fsp3) is 0.273. The number of pyridine rings is 2. The number of hydrogen-bond donors (Lipinski definition) is 0. The average Bonchev–Trinajstić information content (AvgIpc) is 3.49. The van der Waals surface area contributed by atoms with E-state index in [1.807, 2.05) is 13.8 Å². The molecule has 5 rings (SSSR count). The van der Waals surface area contributed by atoms with Crippen molar-refractivity contribution < 1.29 is 44.8 Å². The first-order valence-corrected chi connectivity index (χ1v) is 19.4. The normalized spacial score (nSPS) is 12.4. The Labute approximate surface area is 291 Å². The molecule has 0 saturated carbocycles. The lowest BCUT2D eigenvalue weighted by atomic mass is 10.1. The van der Waals surface area contributed by atoms with Crippen LogP contribution in [0.2, 0.25) is 0 Å². The van der Waals surface area contributed by atoms with Gasteiger partial charge in [-0.25, -0.2) is 26.6 Å². The highest BCUT2D eigenvalue weighted by molar-refractivity contribution is 7.91. The van der Waals surface area contributed by atoms with Crippen LogP contribution in [0.15, 0.2) is 81.8 Å². The Morgan fingerprint density at radius 2 is 1.54 bits per heavy atom. The fourth-order valence-corrected chi connectivity index (χ4v) is 8.98. The Morgan fingerprint density at radius 1 is 0.860 bits per heavy atom. The van der Waals surface area contributed by atoms with Crippen molar-refractivity contribution in [1.82, 2.24) is 18.9 Å². The summed E-state index contributed by atoms with van der Waals surface area (Å²) in [6.07, 6.45) is 1.59. The van der Waals surface area contributed by atoms with E-state index in [-0.39, 0.29) is 50.1 Å². The van der Waals surface area contributed by atoms with Gasteiger partial charge >= 0.3 is 5.97 Å². The van der Waals surface area contributed by atoms with Crippen LogP contribution in [-0.2, 0) is 45.9 Å². The second-order valence-corrected chi connectivity index (χ2v) is 16.2. The molecule has 0 fully saturated rings. The molecule has 0 aliphatic rings. The number of carbonyl (C=O) groups excluding carboxylic acids is 1. The minimum absolute atomic E-state index is 0.0914. The van der Waals surface area contributed by atoms with Gasteiger partial charge in [-0.05, 0) is 63.2 Å². The van der Waals surface area contributed by atoms with E-state index in [0.717, 1.165) is 15.1 Å². The average molecular weight is 743 g/mol. The first kappa shape index (κ1) is 36.4. The Morgan fingerprint density at radius 3 is 2.20 bits per heavy atom. The number of ether oxygens (including phenoxy) is 4. The lowest BCUT2D eigenvalue weighted by molar-refractivity contribution is -0.145. The van der Waals surface area contributed by atoms with E-state index in [0.29, 0.717) is 17.0 Å². The lowest BCUT2D eigenvalue weighted by Crippen LogP contribution is -2.20. The van der Waals surface area contributed by atoms with Gasteiger partial charge in [-0.1, -0.05) is 17.7 Å². The SMILES string of the molecule is COc1ccc2nc(S(=O)Cc3ncc(C)c(OC)c3C)n(S(=O)(=O)c3ccc(OCC(=O)OCCS(=O)(=O)c4ccc(C)cc4)cc3)c2n1. The van der Waals surface area contributed by atoms with Crippen molar-refractivity contribution in [2.24, 2.45) is 0 Å². The van der Waals surface area contributed by atoms with E-state index >= 15 is 0 Å². The number of aromatic nitrogens is 4. The molecule has 2 aromatic carbocycles. The maximum atomic E-state index is 14.1. The molecule has 0 bridgehead atoms. The van der Waals surface area contributed by atoms with Crippen LogP contribution in [0.4, 0.5) is 0 Å². The van der Waals surface area contributed by atoms with Crippen LogP contribution in [0.3, 0.4) is 0 Å². The van der Waals surface area contributed by atoms with Gasteiger partial charge in [0.1, 0.15) is 23.6 Å². The molecule has 0 N–H and O–H groups in total. The fourth-order valence-electron chi connectivity index (χ4n) is 4.90. The molecule has 3 heterocycles. The molecule has 50 heavy (non-hydrogen) atoms. The molecule has 1 atom stereocenters. The maximum absolute atomic E-state index is 14.1. The van der Waals surface area contributed by atoms with Crippen molar-refractivity contribution >= 4 is 47.8 Å². The molecule has 14 nitrogen and oxygen atoms in total.